The van der Waals surface area contributed by atoms with E-state index in [9.17, 15) is 9.59 Å². The fourth-order valence-electron chi connectivity index (χ4n) is 3.47. The summed E-state index contributed by atoms with van der Waals surface area (Å²) in [4.78, 5) is 26.6. The topological polar surface area (TPSA) is 67.9 Å². The van der Waals surface area contributed by atoms with Gasteiger partial charge < -0.3 is 19.7 Å². The quantitative estimate of drug-likeness (QED) is 0.805. The zero-order valence-electron chi connectivity index (χ0n) is 17.2. The Balaban J connectivity index is 1.65. The minimum Gasteiger partial charge on any atom is -0.497 e. The van der Waals surface area contributed by atoms with Crippen LogP contribution in [0.1, 0.15) is 26.7 Å². The molecule has 1 fully saturated rings. The van der Waals surface area contributed by atoms with Gasteiger partial charge in [-0.2, -0.15) is 0 Å². The van der Waals surface area contributed by atoms with Crippen molar-refractivity contribution in [3.63, 3.8) is 0 Å². The summed E-state index contributed by atoms with van der Waals surface area (Å²) in [6.45, 7) is 4.72. The van der Waals surface area contributed by atoms with Gasteiger partial charge in [0, 0.05) is 30.3 Å². The zero-order valence-corrected chi connectivity index (χ0v) is 17.2. The van der Waals surface area contributed by atoms with Crippen molar-refractivity contribution in [2.24, 2.45) is 5.92 Å². The van der Waals surface area contributed by atoms with Crippen molar-refractivity contribution in [1.82, 2.24) is 4.90 Å². The summed E-state index contributed by atoms with van der Waals surface area (Å²) in [7, 11) is 1.64. The van der Waals surface area contributed by atoms with Crippen molar-refractivity contribution >= 4 is 17.7 Å². The van der Waals surface area contributed by atoms with Crippen LogP contribution in [0.15, 0.2) is 48.5 Å². The van der Waals surface area contributed by atoms with Crippen LogP contribution in [-0.2, 0) is 9.53 Å². The number of piperidine rings is 1. The molecule has 0 aromatic heterocycles. The van der Waals surface area contributed by atoms with Crippen molar-refractivity contribution in [1.29, 1.82) is 0 Å². The third-order valence-corrected chi connectivity index (χ3v) is 5.03. The largest absolute Gasteiger partial charge is 0.497 e. The first-order valence-electron chi connectivity index (χ1n) is 9.98. The van der Waals surface area contributed by atoms with Crippen LogP contribution in [0.2, 0.25) is 0 Å². The zero-order chi connectivity index (χ0) is 20.8. The number of anilines is 1. The number of ether oxygens (including phenoxy) is 2. The lowest BCUT2D eigenvalue weighted by molar-refractivity contribution is -0.121. The van der Waals surface area contributed by atoms with Gasteiger partial charge in [0.15, 0.2) is 0 Å². The summed E-state index contributed by atoms with van der Waals surface area (Å²) >= 11 is 0. The van der Waals surface area contributed by atoms with E-state index in [4.69, 9.17) is 9.47 Å². The molecule has 0 atom stereocenters. The molecule has 1 N–H and O–H groups in total. The summed E-state index contributed by atoms with van der Waals surface area (Å²) in [5.41, 5.74) is 2.69. The van der Waals surface area contributed by atoms with Crippen LogP contribution in [0.25, 0.3) is 11.1 Å². The average Bonchev–Trinajstić information content (AvgIpc) is 2.73. The van der Waals surface area contributed by atoms with E-state index in [-0.39, 0.29) is 24.0 Å². The summed E-state index contributed by atoms with van der Waals surface area (Å²) in [5.74, 6) is 0.623. The normalized spacial score (nSPS) is 14.6. The number of carbonyl (C=O) groups excluding carboxylic acids is 2. The Morgan fingerprint density at radius 3 is 2.48 bits per heavy atom. The van der Waals surface area contributed by atoms with E-state index in [1.54, 1.807) is 12.0 Å². The molecule has 0 unspecified atom stereocenters. The molecule has 6 heteroatoms. The number of hydrogen-bond donors (Lipinski definition) is 1. The van der Waals surface area contributed by atoms with Crippen molar-refractivity contribution in [3.8, 4) is 16.9 Å². The number of amides is 2. The van der Waals surface area contributed by atoms with Crippen LogP contribution in [0.3, 0.4) is 0 Å². The molecule has 0 saturated carbocycles. The highest BCUT2D eigenvalue weighted by molar-refractivity contribution is 5.97. The molecule has 2 amide bonds. The van der Waals surface area contributed by atoms with Gasteiger partial charge in [0.1, 0.15) is 5.75 Å². The Kier molecular flexibility index (Phi) is 6.75. The first kappa shape index (κ1) is 20.7. The van der Waals surface area contributed by atoms with Crippen LogP contribution < -0.4 is 10.1 Å². The highest BCUT2D eigenvalue weighted by Crippen LogP contribution is 2.31. The maximum atomic E-state index is 12.9. The Morgan fingerprint density at radius 1 is 1.07 bits per heavy atom. The van der Waals surface area contributed by atoms with Crippen molar-refractivity contribution < 1.29 is 19.1 Å². The molecule has 1 aliphatic rings. The molecule has 1 heterocycles. The maximum absolute atomic E-state index is 12.9. The van der Waals surface area contributed by atoms with Crippen molar-refractivity contribution in [3.05, 3.63) is 48.5 Å². The summed E-state index contributed by atoms with van der Waals surface area (Å²) in [5, 5.41) is 3.08. The highest BCUT2D eigenvalue weighted by atomic mass is 16.6. The highest BCUT2D eigenvalue weighted by Gasteiger charge is 2.28. The van der Waals surface area contributed by atoms with Gasteiger partial charge in [-0.3, -0.25) is 4.79 Å². The number of nitrogens with one attached hydrogen (secondary N) is 1. The van der Waals surface area contributed by atoms with Gasteiger partial charge in [-0.15, -0.1) is 0 Å². The maximum Gasteiger partial charge on any atom is 0.410 e. The molecule has 1 aliphatic heterocycles. The van der Waals surface area contributed by atoms with E-state index in [1.165, 1.54) is 0 Å². The van der Waals surface area contributed by atoms with Gasteiger partial charge in [-0.25, -0.2) is 4.79 Å². The number of nitrogens with zero attached hydrogens (tertiary/aromatic N) is 1. The fraction of sp³-hybridized carbons (Fsp3) is 0.391. The van der Waals surface area contributed by atoms with Crippen LogP contribution in [0, 0.1) is 5.92 Å². The molecular formula is C23H28N2O4. The van der Waals surface area contributed by atoms with Gasteiger partial charge in [0.05, 0.1) is 13.2 Å². The minimum atomic E-state index is -0.303. The first-order valence-corrected chi connectivity index (χ1v) is 9.98. The third kappa shape index (κ3) is 5.28. The molecule has 0 radical (unpaired) electrons. The minimum absolute atomic E-state index is 0.0165. The third-order valence-electron chi connectivity index (χ3n) is 5.03. The molecule has 0 spiro atoms. The summed E-state index contributed by atoms with van der Waals surface area (Å²) in [6.07, 6.45) is 0.805. The first-order chi connectivity index (χ1) is 14.0. The molecule has 0 aliphatic carbocycles. The molecule has 0 bridgehead atoms. The SMILES string of the molecule is COc1cccc(-c2ccccc2NC(=O)C2CCN(C(=O)OC(C)C)CC2)c1. The molecule has 2 aromatic carbocycles. The van der Waals surface area contributed by atoms with Crippen LogP contribution >= 0.6 is 0 Å². The van der Waals surface area contributed by atoms with Crippen molar-refractivity contribution in [2.45, 2.75) is 32.8 Å². The van der Waals surface area contributed by atoms with E-state index >= 15 is 0 Å². The smallest absolute Gasteiger partial charge is 0.410 e. The van der Waals surface area contributed by atoms with Crippen LogP contribution in [-0.4, -0.2) is 43.2 Å². The predicted octanol–water partition coefficient (Wildman–Crippen LogP) is 4.56. The van der Waals surface area contributed by atoms with E-state index < -0.39 is 0 Å². The lowest BCUT2D eigenvalue weighted by Crippen LogP contribution is -2.42. The Hall–Kier alpha value is -3.02. The number of benzene rings is 2. The predicted molar refractivity (Wildman–Crippen MR) is 113 cm³/mol. The van der Waals surface area contributed by atoms with E-state index in [1.807, 2.05) is 62.4 Å². The molecule has 29 heavy (non-hydrogen) atoms. The second-order valence-corrected chi connectivity index (χ2v) is 7.46. The van der Waals surface area contributed by atoms with Gasteiger partial charge in [0.2, 0.25) is 5.91 Å². The second kappa shape index (κ2) is 9.45. The summed E-state index contributed by atoms with van der Waals surface area (Å²) in [6, 6.07) is 15.5. The Labute approximate surface area is 171 Å². The van der Waals surface area contributed by atoms with E-state index in [0.29, 0.717) is 25.9 Å². The molecule has 2 aromatic rings. The summed E-state index contributed by atoms with van der Waals surface area (Å²) < 4.78 is 10.6. The van der Waals surface area contributed by atoms with Gasteiger partial charge >= 0.3 is 6.09 Å². The van der Waals surface area contributed by atoms with E-state index in [0.717, 1.165) is 22.6 Å². The standard InChI is InChI=1S/C23H28N2O4/c1-16(2)29-23(27)25-13-11-17(12-14-25)22(26)24-21-10-5-4-9-20(21)18-7-6-8-19(15-18)28-3/h4-10,15-17H,11-14H2,1-3H3,(H,24,26). The number of rotatable bonds is 5. The van der Waals surface area contributed by atoms with Crippen molar-refractivity contribution in [2.75, 3.05) is 25.5 Å². The van der Waals surface area contributed by atoms with Gasteiger partial charge in [-0.05, 0) is 50.5 Å². The average molecular weight is 396 g/mol. The number of likely N-dealkylation sites (tertiary alicyclic amines) is 1. The lowest BCUT2D eigenvalue weighted by Gasteiger charge is -2.31. The lowest BCUT2D eigenvalue weighted by atomic mass is 9.95. The Morgan fingerprint density at radius 2 is 1.79 bits per heavy atom. The Bertz CT molecular complexity index is 857. The number of methoxy groups -OCH3 is 1. The molecule has 3 rings (SSSR count). The van der Waals surface area contributed by atoms with E-state index in [2.05, 4.69) is 5.32 Å². The molecule has 6 nitrogen and oxygen atoms in total. The number of carbonyl (C=O) groups is 2. The van der Waals surface area contributed by atoms with Crippen LogP contribution in [0.5, 0.6) is 5.75 Å². The molecule has 1 saturated heterocycles. The molecule has 154 valence electrons. The fourth-order valence-corrected chi connectivity index (χ4v) is 3.47. The van der Waals surface area contributed by atoms with Gasteiger partial charge in [-0.1, -0.05) is 30.3 Å². The second-order valence-electron chi connectivity index (χ2n) is 7.46. The molecular weight excluding hydrogens is 368 g/mol. The monoisotopic (exact) mass is 396 g/mol. The van der Waals surface area contributed by atoms with Crippen LogP contribution in [0.4, 0.5) is 10.5 Å². The number of hydrogen-bond acceptors (Lipinski definition) is 4. The van der Waals surface area contributed by atoms with Gasteiger partial charge in [0.25, 0.3) is 0 Å². The number of para-hydroxylation sites is 1.